The molecular formula is C30H28F2N6O3. The predicted molar refractivity (Wildman–Crippen MR) is 150 cm³/mol. The van der Waals surface area contributed by atoms with Gasteiger partial charge < -0.3 is 14.9 Å². The van der Waals surface area contributed by atoms with Gasteiger partial charge >= 0.3 is 5.69 Å². The second-order valence-electron chi connectivity index (χ2n) is 10.8. The lowest BCUT2D eigenvalue weighted by atomic mass is 9.91. The molecule has 1 aromatic carbocycles. The molecule has 2 aliphatic heterocycles. The Labute approximate surface area is 234 Å². The third-order valence-electron chi connectivity index (χ3n) is 7.95. The lowest BCUT2D eigenvalue weighted by Gasteiger charge is -2.44. The first-order valence-electron chi connectivity index (χ1n) is 13.4. The Hall–Kier alpha value is -4.67. The third kappa shape index (κ3) is 4.14. The molecule has 9 nitrogen and oxygen atoms in total. The largest absolute Gasteiger partial charge is 0.507 e. The first-order chi connectivity index (χ1) is 19.6. The molecule has 5 heterocycles. The van der Waals surface area contributed by atoms with E-state index in [2.05, 4.69) is 21.5 Å². The molecule has 0 radical (unpaired) electrons. The topological polar surface area (TPSA) is 104 Å². The Morgan fingerprint density at radius 3 is 2.63 bits per heavy atom. The Morgan fingerprint density at radius 1 is 1.15 bits per heavy atom. The van der Waals surface area contributed by atoms with Crippen molar-refractivity contribution in [3.05, 3.63) is 82.6 Å². The van der Waals surface area contributed by atoms with Crippen LogP contribution in [0.1, 0.15) is 31.0 Å². The zero-order chi connectivity index (χ0) is 29.2. The normalized spacial score (nSPS) is 18.1. The van der Waals surface area contributed by atoms with Gasteiger partial charge in [-0.05, 0) is 48.7 Å². The highest BCUT2D eigenvalue weighted by Gasteiger charge is 2.48. The van der Waals surface area contributed by atoms with Crippen LogP contribution in [-0.4, -0.2) is 61.1 Å². The Balaban J connectivity index is 1.63. The van der Waals surface area contributed by atoms with Crippen LogP contribution in [0.3, 0.4) is 0 Å². The van der Waals surface area contributed by atoms with E-state index < -0.39 is 34.3 Å². The Kier molecular flexibility index (Phi) is 6.32. The quantitative estimate of drug-likeness (QED) is 0.368. The van der Waals surface area contributed by atoms with Gasteiger partial charge in [0.1, 0.15) is 23.1 Å². The number of pyridine rings is 2. The number of amides is 1. The van der Waals surface area contributed by atoms with Gasteiger partial charge in [0.2, 0.25) is 5.91 Å². The minimum absolute atomic E-state index is 0.0533. The maximum Gasteiger partial charge on any atom is 0.355 e. The zero-order valence-electron chi connectivity index (χ0n) is 22.8. The van der Waals surface area contributed by atoms with E-state index >= 15 is 4.39 Å². The summed E-state index contributed by atoms with van der Waals surface area (Å²) >= 11 is 0. The molecule has 4 aromatic rings. The highest BCUT2D eigenvalue weighted by atomic mass is 19.1. The van der Waals surface area contributed by atoms with Gasteiger partial charge in [-0.25, -0.2) is 23.1 Å². The van der Waals surface area contributed by atoms with Crippen molar-refractivity contribution >= 4 is 22.8 Å². The average Bonchev–Trinajstić information content (AvgIpc) is 3.25. The van der Waals surface area contributed by atoms with Crippen molar-refractivity contribution in [1.82, 2.24) is 24.4 Å². The fourth-order valence-electron chi connectivity index (χ4n) is 5.92. The predicted octanol–water partition coefficient (Wildman–Crippen LogP) is 4.09. The molecule has 11 heteroatoms. The number of benzene rings is 1. The fraction of sp³-hybridized carbons (Fsp3) is 0.300. The summed E-state index contributed by atoms with van der Waals surface area (Å²) in [7, 11) is 0. The molecule has 0 bridgehead atoms. The molecule has 0 saturated carbocycles. The molecule has 6 rings (SSSR count). The number of aryl methyl sites for hydroxylation is 1. The summed E-state index contributed by atoms with van der Waals surface area (Å²) in [5, 5.41) is 10.7. The summed E-state index contributed by atoms with van der Waals surface area (Å²) < 4.78 is 32.0. The number of anilines is 1. The van der Waals surface area contributed by atoms with Crippen LogP contribution in [0.2, 0.25) is 0 Å². The molecule has 2 fully saturated rings. The standard InChI is InChI=1S/C30H28F2N6O3/c1-5-23(40)36-12-17-13-37(21(17)14-36)28-18-11-20(32)26(24-19(31)7-6-8-22(24)39)34-29(18)38(30(41)35-28)27-16(4)9-10-33-25(27)15(2)3/h5-11,15,17,21,39H,1,12-14H2,2-4H3/t17-,21-/m1/s1. The maximum absolute atomic E-state index is 15.8. The maximum atomic E-state index is 15.8. The highest BCUT2D eigenvalue weighted by molar-refractivity contribution is 5.92. The van der Waals surface area contributed by atoms with Crippen molar-refractivity contribution in [2.24, 2.45) is 5.92 Å². The number of halogens is 2. The van der Waals surface area contributed by atoms with Crippen LogP contribution in [0.25, 0.3) is 28.0 Å². The second-order valence-corrected chi connectivity index (χ2v) is 10.8. The van der Waals surface area contributed by atoms with Crippen LogP contribution in [0.15, 0.2) is 54.0 Å². The first kappa shape index (κ1) is 26.5. The molecular weight excluding hydrogens is 530 g/mol. The number of hydrogen-bond acceptors (Lipinski definition) is 7. The molecule has 2 atom stereocenters. The number of aromatic nitrogens is 4. The number of nitrogens with zero attached hydrogens (tertiary/aromatic N) is 6. The van der Waals surface area contributed by atoms with E-state index in [1.807, 2.05) is 25.7 Å². The number of aromatic hydroxyl groups is 1. The molecule has 0 spiro atoms. The van der Waals surface area contributed by atoms with Gasteiger partial charge in [0.15, 0.2) is 11.5 Å². The Bertz CT molecular complexity index is 1780. The molecule has 3 aromatic heterocycles. The van der Waals surface area contributed by atoms with E-state index in [1.165, 1.54) is 28.8 Å². The van der Waals surface area contributed by atoms with Crippen molar-refractivity contribution in [1.29, 1.82) is 0 Å². The van der Waals surface area contributed by atoms with E-state index in [0.717, 1.165) is 11.6 Å². The van der Waals surface area contributed by atoms with Crippen LogP contribution >= 0.6 is 0 Å². The molecule has 2 saturated heterocycles. The van der Waals surface area contributed by atoms with Crippen LogP contribution in [0, 0.1) is 24.5 Å². The van der Waals surface area contributed by atoms with Crippen LogP contribution in [0.5, 0.6) is 5.75 Å². The summed E-state index contributed by atoms with van der Waals surface area (Å²) in [4.78, 5) is 43.1. The number of phenolic OH excluding ortho intramolecular Hbond substituents is 1. The highest BCUT2D eigenvalue weighted by Crippen LogP contribution is 2.40. The van der Waals surface area contributed by atoms with Gasteiger partial charge in [0.05, 0.1) is 28.4 Å². The van der Waals surface area contributed by atoms with Gasteiger partial charge in [-0.1, -0.05) is 26.5 Å². The van der Waals surface area contributed by atoms with E-state index in [1.54, 1.807) is 17.2 Å². The summed E-state index contributed by atoms with van der Waals surface area (Å²) in [6.45, 7) is 10.7. The summed E-state index contributed by atoms with van der Waals surface area (Å²) in [5.74, 6) is -2.08. The van der Waals surface area contributed by atoms with E-state index in [9.17, 15) is 19.1 Å². The van der Waals surface area contributed by atoms with Crippen molar-refractivity contribution in [2.45, 2.75) is 32.7 Å². The first-order valence-corrected chi connectivity index (χ1v) is 13.4. The SMILES string of the molecule is C=CC(=O)N1C[C@@H]2CN(c3nc(=O)n(-c4c(C)ccnc4C(C)C)c4nc(-c5c(O)cccc5F)c(F)cc34)[C@@H]2C1. The summed E-state index contributed by atoms with van der Waals surface area (Å²) in [6.07, 6.45) is 2.92. The van der Waals surface area contributed by atoms with Crippen molar-refractivity contribution < 1.29 is 18.7 Å². The number of rotatable bonds is 5. The fourth-order valence-corrected chi connectivity index (χ4v) is 5.92. The van der Waals surface area contributed by atoms with Crippen LogP contribution in [0.4, 0.5) is 14.6 Å². The molecule has 1 N–H and O–H groups in total. The molecule has 0 unspecified atom stereocenters. The van der Waals surface area contributed by atoms with Gasteiger partial charge in [-0.3, -0.25) is 9.78 Å². The van der Waals surface area contributed by atoms with Crippen molar-refractivity contribution in [2.75, 3.05) is 24.5 Å². The van der Waals surface area contributed by atoms with Gasteiger partial charge in [0.25, 0.3) is 0 Å². The second kappa shape index (κ2) is 9.76. The minimum atomic E-state index is -0.884. The molecule has 210 valence electrons. The van der Waals surface area contributed by atoms with E-state index in [-0.39, 0.29) is 40.6 Å². The monoisotopic (exact) mass is 558 g/mol. The smallest absolute Gasteiger partial charge is 0.355 e. The Morgan fingerprint density at radius 2 is 1.93 bits per heavy atom. The zero-order valence-corrected chi connectivity index (χ0v) is 22.8. The van der Waals surface area contributed by atoms with E-state index in [0.29, 0.717) is 31.0 Å². The average molecular weight is 559 g/mol. The minimum Gasteiger partial charge on any atom is -0.507 e. The van der Waals surface area contributed by atoms with Gasteiger partial charge in [0, 0.05) is 31.7 Å². The number of phenols is 1. The van der Waals surface area contributed by atoms with Gasteiger partial charge in [-0.15, -0.1) is 0 Å². The van der Waals surface area contributed by atoms with Crippen molar-refractivity contribution in [3.63, 3.8) is 0 Å². The number of carbonyl (C=O) groups is 1. The molecule has 2 aliphatic rings. The van der Waals surface area contributed by atoms with Crippen LogP contribution in [-0.2, 0) is 4.79 Å². The van der Waals surface area contributed by atoms with Gasteiger partial charge in [-0.2, -0.15) is 4.98 Å². The van der Waals surface area contributed by atoms with E-state index in [4.69, 9.17) is 0 Å². The molecule has 0 aliphatic carbocycles. The molecule has 1 amide bonds. The molecule has 41 heavy (non-hydrogen) atoms. The number of hydrogen-bond donors (Lipinski definition) is 1. The third-order valence-corrected chi connectivity index (χ3v) is 7.95. The number of fused-ring (bicyclic) bond motifs is 2. The van der Waals surface area contributed by atoms with Crippen LogP contribution < -0.4 is 10.6 Å². The number of carbonyl (C=O) groups excluding carboxylic acids is 1. The summed E-state index contributed by atoms with van der Waals surface area (Å²) in [5.41, 5.74) is 0.353. The summed E-state index contributed by atoms with van der Waals surface area (Å²) in [6, 6.07) is 6.47. The van der Waals surface area contributed by atoms with Crippen molar-refractivity contribution in [3.8, 4) is 22.7 Å². The lowest BCUT2D eigenvalue weighted by molar-refractivity contribution is -0.125. The lowest BCUT2D eigenvalue weighted by Crippen LogP contribution is -2.56. The number of likely N-dealkylation sites (tertiary alicyclic amines) is 1.